The molecule has 0 radical (unpaired) electrons. The SMILES string of the molecule is CCOc1ccc(OCC)c(NC(=O)C(C)Oc2cccc(C#N)c2)c1. The molecule has 2 aromatic rings. The summed E-state index contributed by atoms with van der Waals surface area (Å²) in [5, 5.41) is 11.7. The summed E-state index contributed by atoms with van der Waals surface area (Å²) in [4.78, 5) is 12.5. The molecule has 1 amide bonds. The maximum atomic E-state index is 12.5. The van der Waals surface area contributed by atoms with Crippen molar-refractivity contribution >= 4 is 11.6 Å². The zero-order chi connectivity index (χ0) is 18.9. The molecule has 2 rings (SSSR count). The Bertz CT molecular complexity index is 799. The molecule has 0 spiro atoms. The summed E-state index contributed by atoms with van der Waals surface area (Å²) < 4.78 is 16.7. The van der Waals surface area contributed by atoms with Crippen molar-refractivity contribution in [3.05, 3.63) is 48.0 Å². The van der Waals surface area contributed by atoms with E-state index >= 15 is 0 Å². The van der Waals surface area contributed by atoms with Gasteiger partial charge in [-0.25, -0.2) is 0 Å². The van der Waals surface area contributed by atoms with Crippen LogP contribution >= 0.6 is 0 Å². The van der Waals surface area contributed by atoms with Gasteiger partial charge >= 0.3 is 0 Å². The van der Waals surface area contributed by atoms with Crippen LogP contribution in [0.4, 0.5) is 5.69 Å². The number of carbonyl (C=O) groups is 1. The van der Waals surface area contributed by atoms with Crippen molar-refractivity contribution in [2.24, 2.45) is 0 Å². The van der Waals surface area contributed by atoms with Gasteiger partial charge in [-0.05, 0) is 51.1 Å². The van der Waals surface area contributed by atoms with E-state index in [2.05, 4.69) is 5.32 Å². The molecule has 0 saturated carbocycles. The van der Waals surface area contributed by atoms with Gasteiger partial charge in [0.15, 0.2) is 6.10 Å². The lowest BCUT2D eigenvalue weighted by molar-refractivity contribution is -0.122. The van der Waals surface area contributed by atoms with Crippen LogP contribution in [0.3, 0.4) is 0 Å². The number of nitriles is 1. The van der Waals surface area contributed by atoms with Gasteiger partial charge in [0.1, 0.15) is 17.2 Å². The molecule has 1 N–H and O–H groups in total. The van der Waals surface area contributed by atoms with Crippen LogP contribution in [0.25, 0.3) is 0 Å². The molecule has 2 aromatic carbocycles. The van der Waals surface area contributed by atoms with E-state index in [1.165, 1.54) is 0 Å². The lowest BCUT2D eigenvalue weighted by Gasteiger charge is -2.17. The van der Waals surface area contributed by atoms with Crippen molar-refractivity contribution in [3.8, 4) is 23.3 Å². The van der Waals surface area contributed by atoms with Crippen LogP contribution in [0.1, 0.15) is 26.3 Å². The Labute approximate surface area is 153 Å². The van der Waals surface area contributed by atoms with Crippen LogP contribution in [-0.4, -0.2) is 25.2 Å². The van der Waals surface area contributed by atoms with Crippen molar-refractivity contribution in [1.82, 2.24) is 0 Å². The molecule has 0 aliphatic rings. The molecule has 0 heterocycles. The molecule has 0 aromatic heterocycles. The van der Waals surface area contributed by atoms with Gasteiger partial charge in [-0.3, -0.25) is 4.79 Å². The average molecular weight is 354 g/mol. The first kappa shape index (κ1) is 19.1. The van der Waals surface area contributed by atoms with Crippen LogP contribution in [0.2, 0.25) is 0 Å². The van der Waals surface area contributed by atoms with Crippen molar-refractivity contribution in [2.75, 3.05) is 18.5 Å². The first-order valence-corrected chi connectivity index (χ1v) is 8.44. The maximum Gasteiger partial charge on any atom is 0.265 e. The molecule has 0 saturated heterocycles. The number of rotatable bonds is 8. The van der Waals surface area contributed by atoms with E-state index < -0.39 is 6.10 Å². The van der Waals surface area contributed by atoms with E-state index in [1.807, 2.05) is 19.9 Å². The molecule has 1 unspecified atom stereocenters. The summed E-state index contributed by atoms with van der Waals surface area (Å²) in [6.45, 7) is 6.40. The minimum absolute atomic E-state index is 0.332. The Hall–Kier alpha value is -3.20. The molecule has 6 nitrogen and oxygen atoms in total. The minimum Gasteiger partial charge on any atom is -0.494 e. The van der Waals surface area contributed by atoms with Crippen LogP contribution in [0, 0.1) is 11.3 Å². The molecule has 26 heavy (non-hydrogen) atoms. The second-order valence-electron chi connectivity index (χ2n) is 5.41. The Morgan fingerprint density at radius 3 is 2.58 bits per heavy atom. The number of nitrogens with zero attached hydrogens (tertiary/aromatic N) is 1. The zero-order valence-electron chi connectivity index (χ0n) is 15.1. The Kier molecular flexibility index (Phi) is 6.86. The van der Waals surface area contributed by atoms with Crippen molar-refractivity contribution in [2.45, 2.75) is 26.9 Å². The lowest BCUT2D eigenvalue weighted by atomic mass is 10.2. The average Bonchev–Trinajstić information content (AvgIpc) is 2.64. The van der Waals surface area contributed by atoms with Gasteiger partial charge in [-0.2, -0.15) is 5.26 Å². The summed E-state index contributed by atoms with van der Waals surface area (Å²) in [7, 11) is 0. The molecule has 0 aliphatic heterocycles. The maximum absolute atomic E-state index is 12.5. The number of benzene rings is 2. The van der Waals surface area contributed by atoms with E-state index in [9.17, 15) is 4.79 Å². The summed E-state index contributed by atoms with van der Waals surface area (Å²) in [5.41, 5.74) is 0.988. The number of nitrogens with one attached hydrogen (secondary N) is 1. The third-order valence-electron chi connectivity index (χ3n) is 3.46. The van der Waals surface area contributed by atoms with Crippen LogP contribution in [0.5, 0.6) is 17.2 Å². The number of carbonyl (C=O) groups excluding carboxylic acids is 1. The fourth-order valence-electron chi connectivity index (χ4n) is 2.28. The number of amides is 1. The molecule has 136 valence electrons. The number of ether oxygens (including phenoxy) is 3. The molecule has 6 heteroatoms. The second-order valence-corrected chi connectivity index (χ2v) is 5.41. The largest absolute Gasteiger partial charge is 0.494 e. The second kappa shape index (κ2) is 9.33. The van der Waals surface area contributed by atoms with Gasteiger partial charge in [0.05, 0.1) is 30.5 Å². The number of anilines is 1. The predicted octanol–water partition coefficient (Wildman–Crippen LogP) is 3.76. The first-order valence-electron chi connectivity index (χ1n) is 8.44. The standard InChI is InChI=1S/C20H22N2O4/c1-4-24-16-9-10-19(25-5-2)18(12-16)22-20(23)14(3)26-17-8-6-7-15(11-17)13-21/h6-12,14H,4-5H2,1-3H3,(H,22,23). The summed E-state index contributed by atoms with van der Waals surface area (Å²) in [6, 6.07) is 14.0. The third-order valence-corrected chi connectivity index (χ3v) is 3.46. The predicted molar refractivity (Wildman–Crippen MR) is 98.7 cm³/mol. The van der Waals surface area contributed by atoms with Gasteiger partial charge in [0.25, 0.3) is 5.91 Å². The first-order chi connectivity index (χ1) is 12.6. The molecule has 1 atom stereocenters. The molecular weight excluding hydrogens is 332 g/mol. The topological polar surface area (TPSA) is 80.6 Å². The Morgan fingerprint density at radius 1 is 1.12 bits per heavy atom. The lowest BCUT2D eigenvalue weighted by Crippen LogP contribution is -2.30. The number of hydrogen-bond donors (Lipinski definition) is 1. The smallest absolute Gasteiger partial charge is 0.265 e. The third kappa shape index (κ3) is 5.15. The zero-order valence-corrected chi connectivity index (χ0v) is 15.1. The van der Waals surface area contributed by atoms with E-state index in [-0.39, 0.29) is 5.91 Å². The fourth-order valence-corrected chi connectivity index (χ4v) is 2.28. The summed E-state index contributed by atoms with van der Waals surface area (Å²) >= 11 is 0. The van der Waals surface area contributed by atoms with Gasteiger partial charge in [0.2, 0.25) is 0 Å². The number of hydrogen-bond acceptors (Lipinski definition) is 5. The van der Waals surface area contributed by atoms with Gasteiger partial charge in [-0.15, -0.1) is 0 Å². The molecular formula is C20H22N2O4. The molecule has 0 fully saturated rings. The molecule has 0 bridgehead atoms. The van der Waals surface area contributed by atoms with Gasteiger partial charge in [-0.1, -0.05) is 6.07 Å². The molecule has 0 aliphatic carbocycles. The quantitative estimate of drug-likeness (QED) is 0.781. The van der Waals surface area contributed by atoms with Crippen molar-refractivity contribution in [1.29, 1.82) is 5.26 Å². The summed E-state index contributed by atoms with van der Waals surface area (Å²) in [5.74, 6) is 1.33. The van der Waals surface area contributed by atoms with E-state index in [4.69, 9.17) is 19.5 Å². The van der Waals surface area contributed by atoms with Crippen LogP contribution in [0.15, 0.2) is 42.5 Å². The van der Waals surface area contributed by atoms with E-state index in [0.717, 1.165) is 0 Å². The monoisotopic (exact) mass is 354 g/mol. The van der Waals surface area contributed by atoms with Gasteiger partial charge in [0, 0.05) is 6.07 Å². The fraction of sp³-hybridized carbons (Fsp3) is 0.300. The van der Waals surface area contributed by atoms with Crippen LogP contribution < -0.4 is 19.5 Å². The Balaban J connectivity index is 2.11. The highest BCUT2D eigenvalue weighted by Gasteiger charge is 2.17. The van der Waals surface area contributed by atoms with E-state index in [1.54, 1.807) is 49.4 Å². The Morgan fingerprint density at radius 2 is 1.88 bits per heavy atom. The normalized spacial score (nSPS) is 11.2. The summed E-state index contributed by atoms with van der Waals surface area (Å²) in [6.07, 6.45) is -0.755. The van der Waals surface area contributed by atoms with Gasteiger partial charge < -0.3 is 19.5 Å². The highest BCUT2D eigenvalue weighted by atomic mass is 16.5. The van der Waals surface area contributed by atoms with Crippen LogP contribution in [-0.2, 0) is 4.79 Å². The van der Waals surface area contributed by atoms with Crippen molar-refractivity contribution in [3.63, 3.8) is 0 Å². The highest BCUT2D eigenvalue weighted by Crippen LogP contribution is 2.29. The highest BCUT2D eigenvalue weighted by molar-refractivity contribution is 5.95. The van der Waals surface area contributed by atoms with Crippen molar-refractivity contribution < 1.29 is 19.0 Å². The van der Waals surface area contributed by atoms with E-state index in [0.29, 0.717) is 41.7 Å². The minimum atomic E-state index is -0.755.